The van der Waals surface area contributed by atoms with Crippen molar-refractivity contribution in [2.24, 2.45) is 5.90 Å². The van der Waals surface area contributed by atoms with E-state index in [4.69, 9.17) is 20.6 Å². The van der Waals surface area contributed by atoms with Crippen molar-refractivity contribution in [3.05, 3.63) is 60.4 Å². The van der Waals surface area contributed by atoms with Crippen LogP contribution >= 0.6 is 0 Å². The van der Waals surface area contributed by atoms with Gasteiger partial charge in [0.05, 0.1) is 12.9 Å². The fourth-order valence-corrected chi connectivity index (χ4v) is 1.97. The lowest BCUT2D eigenvalue weighted by Gasteiger charge is -2.14. The standard InChI is InChI=1S/C15H17N3O4/c16-22-14(9-21-10-15(19)20)13(8-18-7-6-17-11-18)12-4-2-1-3-5-12/h1-7,11H,8-10,16H2,(H,19,20)/b14-13-. The van der Waals surface area contributed by atoms with Gasteiger partial charge in [-0.15, -0.1) is 0 Å². The van der Waals surface area contributed by atoms with Crippen molar-refractivity contribution in [1.82, 2.24) is 9.55 Å². The molecule has 22 heavy (non-hydrogen) atoms. The number of rotatable bonds is 8. The molecule has 1 aromatic heterocycles. The van der Waals surface area contributed by atoms with Crippen molar-refractivity contribution < 1.29 is 19.5 Å². The lowest BCUT2D eigenvalue weighted by Crippen LogP contribution is -2.15. The molecule has 0 unspecified atom stereocenters. The van der Waals surface area contributed by atoms with Gasteiger partial charge in [0.2, 0.25) is 0 Å². The summed E-state index contributed by atoms with van der Waals surface area (Å²) < 4.78 is 6.94. The van der Waals surface area contributed by atoms with Crippen molar-refractivity contribution in [1.29, 1.82) is 0 Å². The van der Waals surface area contributed by atoms with Crippen LogP contribution < -0.4 is 5.90 Å². The van der Waals surface area contributed by atoms with Crippen LogP contribution in [0.4, 0.5) is 0 Å². The number of ether oxygens (including phenoxy) is 1. The minimum atomic E-state index is -1.05. The van der Waals surface area contributed by atoms with E-state index in [-0.39, 0.29) is 6.61 Å². The monoisotopic (exact) mass is 303 g/mol. The number of carboxylic acids is 1. The Kier molecular flexibility index (Phi) is 5.70. The van der Waals surface area contributed by atoms with E-state index in [9.17, 15) is 4.79 Å². The largest absolute Gasteiger partial charge is 0.480 e. The Labute approximate surface area is 127 Å². The van der Waals surface area contributed by atoms with Crippen LogP contribution in [-0.4, -0.2) is 33.8 Å². The van der Waals surface area contributed by atoms with Crippen LogP contribution in [0.25, 0.3) is 5.57 Å². The van der Waals surface area contributed by atoms with Crippen LogP contribution in [-0.2, 0) is 20.9 Å². The molecule has 0 amide bonds. The molecule has 0 spiro atoms. The number of nitrogens with zero attached hydrogens (tertiary/aromatic N) is 2. The molecule has 0 aliphatic carbocycles. The topological polar surface area (TPSA) is 99.6 Å². The zero-order valence-electron chi connectivity index (χ0n) is 11.9. The molecule has 0 bridgehead atoms. The molecule has 0 saturated carbocycles. The van der Waals surface area contributed by atoms with Gasteiger partial charge in [-0.05, 0) is 5.56 Å². The highest BCUT2D eigenvalue weighted by atomic mass is 16.6. The second-order valence-corrected chi connectivity index (χ2v) is 4.51. The van der Waals surface area contributed by atoms with E-state index in [0.29, 0.717) is 12.3 Å². The number of imidazole rings is 1. The molecule has 0 atom stereocenters. The fraction of sp³-hybridized carbons (Fsp3) is 0.200. The SMILES string of the molecule is NO/C(COCC(=O)O)=C(/Cn1ccnc1)c1ccccc1. The summed E-state index contributed by atoms with van der Waals surface area (Å²) in [6.45, 7) is 0.0364. The van der Waals surface area contributed by atoms with Crippen molar-refractivity contribution in [2.45, 2.75) is 6.54 Å². The molecule has 0 fully saturated rings. The van der Waals surface area contributed by atoms with Gasteiger partial charge in [0.25, 0.3) is 0 Å². The molecule has 7 heteroatoms. The Morgan fingerprint density at radius 1 is 1.27 bits per heavy atom. The maximum Gasteiger partial charge on any atom is 0.329 e. The molecule has 3 N–H and O–H groups in total. The summed E-state index contributed by atoms with van der Waals surface area (Å²) in [4.78, 5) is 19.5. The Bertz CT molecular complexity index is 624. The van der Waals surface area contributed by atoms with Gasteiger partial charge in [0.1, 0.15) is 13.2 Å². The van der Waals surface area contributed by atoms with Crippen LogP contribution in [0.1, 0.15) is 5.56 Å². The minimum Gasteiger partial charge on any atom is -0.480 e. The van der Waals surface area contributed by atoms with Crippen LogP contribution in [0.15, 0.2) is 54.8 Å². The summed E-state index contributed by atoms with van der Waals surface area (Å²) in [5.41, 5.74) is 1.71. The molecule has 0 aliphatic heterocycles. The number of allylic oxidation sites excluding steroid dienone is 1. The predicted octanol–water partition coefficient (Wildman–Crippen LogP) is 1.29. The first-order valence-electron chi connectivity index (χ1n) is 6.60. The number of benzene rings is 1. The summed E-state index contributed by atoms with van der Waals surface area (Å²) >= 11 is 0. The highest BCUT2D eigenvalue weighted by Gasteiger charge is 2.13. The Morgan fingerprint density at radius 3 is 2.64 bits per heavy atom. The molecular weight excluding hydrogens is 286 g/mol. The fourth-order valence-electron chi connectivity index (χ4n) is 1.97. The summed E-state index contributed by atoms with van der Waals surface area (Å²) in [5.74, 6) is 4.67. The predicted molar refractivity (Wildman–Crippen MR) is 79.3 cm³/mol. The molecule has 7 nitrogen and oxygen atoms in total. The number of hydrogen-bond acceptors (Lipinski definition) is 5. The first kappa shape index (κ1) is 15.7. The minimum absolute atomic E-state index is 0.0261. The maximum atomic E-state index is 10.5. The van der Waals surface area contributed by atoms with Gasteiger partial charge in [-0.1, -0.05) is 30.3 Å². The average Bonchev–Trinajstić information content (AvgIpc) is 3.03. The molecule has 2 rings (SSSR count). The van der Waals surface area contributed by atoms with Crippen molar-refractivity contribution in [3.63, 3.8) is 0 Å². The summed E-state index contributed by atoms with van der Waals surface area (Å²) in [7, 11) is 0. The van der Waals surface area contributed by atoms with E-state index in [1.807, 2.05) is 41.1 Å². The Hall–Kier alpha value is -2.64. The highest BCUT2D eigenvalue weighted by Crippen LogP contribution is 2.21. The van der Waals surface area contributed by atoms with Gasteiger partial charge in [-0.25, -0.2) is 9.78 Å². The third-order valence-electron chi connectivity index (χ3n) is 2.96. The summed E-state index contributed by atoms with van der Waals surface area (Å²) in [6.07, 6.45) is 5.16. The zero-order chi connectivity index (χ0) is 15.8. The van der Waals surface area contributed by atoms with Gasteiger partial charge in [0, 0.05) is 18.0 Å². The number of nitrogens with two attached hydrogens (primary N) is 1. The van der Waals surface area contributed by atoms with E-state index in [1.54, 1.807) is 12.5 Å². The van der Waals surface area contributed by atoms with Gasteiger partial charge in [-0.2, -0.15) is 5.90 Å². The molecule has 1 aromatic carbocycles. The second-order valence-electron chi connectivity index (χ2n) is 4.51. The maximum absolute atomic E-state index is 10.5. The van der Waals surface area contributed by atoms with Crippen molar-refractivity contribution in [2.75, 3.05) is 13.2 Å². The molecule has 116 valence electrons. The van der Waals surface area contributed by atoms with Gasteiger partial charge in [0.15, 0.2) is 5.76 Å². The van der Waals surface area contributed by atoms with Gasteiger partial charge < -0.3 is 19.2 Å². The smallest absolute Gasteiger partial charge is 0.329 e. The van der Waals surface area contributed by atoms with Gasteiger partial charge >= 0.3 is 5.97 Å². The Morgan fingerprint density at radius 2 is 2.05 bits per heavy atom. The van der Waals surface area contributed by atoms with Crippen LogP contribution in [0, 0.1) is 0 Å². The quantitative estimate of drug-likeness (QED) is 0.563. The van der Waals surface area contributed by atoms with E-state index < -0.39 is 12.6 Å². The van der Waals surface area contributed by atoms with Crippen LogP contribution in [0.2, 0.25) is 0 Å². The Balaban J connectivity index is 2.27. The number of hydrogen-bond donors (Lipinski definition) is 2. The molecule has 0 saturated heterocycles. The number of carbonyl (C=O) groups is 1. The first-order chi connectivity index (χ1) is 10.7. The zero-order valence-corrected chi connectivity index (χ0v) is 11.9. The van der Waals surface area contributed by atoms with Crippen LogP contribution in [0.3, 0.4) is 0 Å². The van der Waals surface area contributed by atoms with E-state index in [2.05, 4.69) is 4.98 Å². The van der Waals surface area contributed by atoms with E-state index in [1.165, 1.54) is 0 Å². The number of carboxylic acid groups (broad SMARTS) is 1. The third kappa shape index (κ3) is 4.44. The van der Waals surface area contributed by atoms with Crippen molar-refractivity contribution >= 4 is 11.5 Å². The normalized spacial score (nSPS) is 11.9. The highest BCUT2D eigenvalue weighted by molar-refractivity contribution is 5.69. The van der Waals surface area contributed by atoms with Crippen LogP contribution in [0.5, 0.6) is 0 Å². The first-order valence-corrected chi connectivity index (χ1v) is 6.60. The van der Waals surface area contributed by atoms with E-state index >= 15 is 0 Å². The summed E-state index contributed by atoms with van der Waals surface area (Å²) in [5, 5.41) is 8.64. The number of aliphatic carboxylic acids is 1. The molecule has 0 radical (unpaired) electrons. The average molecular weight is 303 g/mol. The molecular formula is C15H17N3O4. The molecule has 1 heterocycles. The molecule has 2 aromatic rings. The lowest BCUT2D eigenvalue weighted by molar-refractivity contribution is -0.142. The van der Waals surface area contributed by atoms with Crippen molar-refractivity contribution in [3.8, 4) is 0 Å². The lowest BCUT2D eigenvalue weighted by atomic mass is 10.0. The van der Waals surface area contributed by atoms with Gasteiger partial charge in [-0.3, -0.25) is 0 Å². The third-order valence-corrected chi connectivity index (χ3v) is 2.96. The molecule has 0 aliphatic rings. The summed E-state index contributed by atoms with van der Waals surface area (Å²) in [6, 6.07) is 9.54. The number of aromatic nitrogens is 2. The van der Waals surface area contributed by atoms with E-state index in [0.717, 1.165) is 11.1 Å². The second kappa shape index (κ2) is 7.96.